The van der Waals surface area contributed by atoms with E-state index in [0.29, 0.717) is 16.5 Å². The van der Waals surface area contributed by atoms with Crippen molar-refractivity contribution in [3.8, 4) is 11.3 Å². The van der Waals surface area contributed by atoms with E-state index in [1.165, 1.54) is 0 Å². The molecule has 1 aliphatic rings. The van der Waals surface area contributed by atoms with Crippen molar-refractivity contribution in [2.45, 2.75) is 0 Å². The van der Waals surface area contributed by atoms with Gasteiger partial charge in [0, 0.05) is 26.7 Å². The second-order valence-electron chi connectivity index (χ2n) is 5.55. The third-order valence-corrected chi connectivity index (χ3v) is 4.53. The second-order valence-corrected chi connectivity index (χ2v) is 6.90. The van der Waals surface area contributed by atoms with Crippen LogP contribution in [0.15, 0.2) is 80.2 Å². The molecule has 0 fully saturated rings. The van der Waals surface area contributed by atoms with E-state index in [1.807, 2.05) is 42.5 Å². The minimum Gasteiger partial charge on any atom is -0.457 e. The number of nitrogens with zero attached hydrogens (tertiary/aromatic N) is 1. The van der Waals surface area contributed by atoms with Gasteiger partial charge < -0.3 is 9.15 Å². The molecule has 0 spiro atoms. The van der Waals surface area contributed by atoms with Gasteiger partial charge >= 0.3 is 5.97 Å². The number of halogens is 2. The van der Waals surface area contributed by atoms with Gasteiger partial charge in [0.15, 0.2) is 5.70 Å². The Morgan fingerprint density at radius 1 is 0.923 bits per heavy atom. The fraction of sp³-hybridized carbons (Fsp3) is 0. The maximum atomic E-state index is 12.1. The van der Waals surface area contributed by atoms with E-state index in [-0.39, 0.29) is 11.6 Å². The maximum absolute atomic E-state index is 12.1. The zero-order chi connectivity index (χ0) is 18.1. The lowest BCUT2D eigenvalue weighted by Gasteiger charge is -1.98. The van der Waals surface area contributed by atoms with E-state index in [0.717, 1.165) is 15.6 Å². The molecule has 0 saturated heterocycles. The SMILES string of the molecule is O=C1OC(c2ccc(Br)cc2)=NC1=Cc1ccc(-c2ccc(Cl)cc2)o1. The molecule has 0 atom stereocenters. The van der Waals surface area contributed by atoms with Crippen LogP contribution in [0.4, 0.5) is 0 Å². The lowest BCUT2D eigenvalue weighted by molar-refractivity contribution is -0.129. The highest BCUT2D eigenvalue weighted by Crippen LogP contribution is 2.26. The molecule has 1 aromatic heterocycles. The van der Waals surface area contributed by atoms with Crippen LogP contribution in [0.3, 0.4) is 0 Å². The van der Waals surface area contributed by atoms with Crippen molar-refractivity contribution in [2.75, 3.05) is 0 Å². The van der Waals surface area contributed by atoms with Crippen LogP contribution in [0, 0.1) is 0 Å². The van der Waals surface area contributed by atoms with Gasteiger partial charge in [-0.1, -0.05) is 27.5 Å². The Morgan fingerprint density at radius 2 is 1.62 bits per heavy atom. The number of hydrogen-bond acceptors (Lipinski definition) is 4. The zero-order valence-corrected chi connectivity index (χ0v) is 15.6. The molecule has 0 N–H and O–H groups in total. The molecule has 2 aromatic carbocycles. The van der Waals surface area contributed by atoms with Crippen molar-refractivity contribution in [3.63, 3.8) is 0 Å². The summed E-state index contributed by atoms with van der Waals surface area (Å²) in [7, 11) is 0. The summed E-state index contributed by atoms with van der Waals surface area (Å²) < 4.78 is 12.0. The van der Waals surface area contributed by atoms with Gasteiger partial charge in [-0.25, -0.2) is 9.79 Å². The highest BCUT2D eigenvalue weighted by molar-refractivity contribution is 9.10. The van der Waals surface area contributed by atoms with Gasteiger partial charge in [-0.2, -0.15) is 0 Å². The van der Waals surface area contributed by atoms with Gasteiger partial charge in [-0.15, -0.1) is 0 Å². The van der Waals surface area contributed by atoms with E-state index in [2.05, 4.69) is 20.9 Å². The molecule has 0 radical (unpaired) electrons. The molecule has 4 rings (SSSR count). The van der Waals surface area contributed by atoms with Crippen molar-refractivity contribution in [3.05, 3.63) is 87.2 Å². The summed E-state index contributed by atoms with van der Waals surface area (Å²) in [4.78, 5) is 16.3. The monoisotopic (exact) mass is 427 g/mol. The van der Waals surface area contributed by atoms with Crippen LogP contribution in [0.5, 0.6) is 0 Å². The molecule has 26 heavy (non-hydrogen) atoms. The Morgan fingerprint density at radius 3 is 2.35 bits per heavy atom. The normalized spacial score (nSPS) is 15.2. The summed E-state index contributed by atoms with van der Waals surface area (Å²) >= 11 is 9.27. The summed E-state index contributed by atoms with van der Waals surface area (Å²) in [6, 6.07) is 18.3. The Hall–Kier alpha value is -2.63. The lowest BCUT2D eigenvalue weighted by Crippen LogP contribution is -2.05. The van der Waals surface area contributed by atoms with E-state index in [1.54, 1.807) is 24.3 Å². The summed E-state index contributed by atoms with van der Waals surface area (Å²) in [5.74, 6) is 0.963. The number of furan rings is 1. The number of esters is 1. The average Bonchev–Trinajstić information content (AvgIpc) is 3.24. The first kappa shape index (κ1) is 16.8. The molecule has 0 bridgehead atoms. The van der Waals surface area contributed by atoms with Crippen LogP contribution >= 0.6 is 27.5 Å². The van der Waals surface area contributed by atoms with Crippen LogP contribution in [0.2, 0.25) is 5.02 Å². The van der Waals surface area contributed by atoms with Crippen molar-refractivity contribution < 1.29 is 13.9 Å². The van der Waals surface area contributed by atoms with Gasteiger partial charge in [0.2, 0.25) is 5.90 Å². The Kier molecular flexibility index (Phi) is 4.49. The van der Waals surface area contributed by atoms with E-state index < -0.39 is 5.97 Å². The molecule has 0 aliphatic carbocycles. The van der Waals surface area contributed by atoms with Gasteiger partial charge in [0.1, 0.15) is 11.5 Å². The van der Waals surface area contributed by atoms with E-state index in [9.17, 15) is 4.79 Å². The van der Waals surface area contributed by atoms with Gasteiger partial charge in [-0.3, -0.25) is 0 Å². The summed E-state index contributed by atoms with van der Waals surface area (Å²) in [5.41, 5.74) is 1.82. The molecule has 0 saturated carbocycles. The molecule has 128 valence electrons. The Bertz CT molecular complexity index is 1030. The molecule has 2 heterocycles. The first-order valence-corrected chi connectivity index (χ1v) is 8.90. The molecular formula is C20H11BrClNO3. The molecule has 1 aliphatic heterocycles. The molecular weight excluding hydrogens is 418 g/mol. The summed E-state index contributed by atoms with van der Waals surface area (Å²) in [5, 5.41) is 0.658. The van der Waals surface area contributed by atoms with Crippen LogP contribution in [-0.4, -0.2) is 11.9 Å². The van der Waals surface area contributed by atoms with Crippen molar-refractivity contribution in [1.82, 2.24) is 0 Å². The standard InChI is InChI=1S/C20H11BrClNO3/c21-14-5-1-13(2-6-14)19-23-17(20(24)26-19)11-16-9-10-18(25-16)12-3-7-15(22)8-4-12/h1-11H. The summed E-state index contributed by atoms with van der Waals surface area (Å²) in [6.07, 6.45) is 1.56. The van der Waals surface area contributed by atoms with Crippen LogP contribution in [0.1, 0.15) is 11.3 Å². The first-order valence-electron chi connectivity index (χ1n) is 7.73. The second kappa shape index (κ2) is 6.94. The van der Waals surface area contributed by atoms with Gasteiger partial charge in [-0.05, 0) is 60.7 Å². The fourth-order valence-corrected chi connectivity index (χ4v) is 2.85. The van der Waals surface area contributed by atoms with Crippen LogP contribution in [-0.2, 0) is 9.53 Å². The Balaban J connectivity index is 1.61. The maximum Gasteiger partial charge on any atom is 0.363 e. The third kappa shape index (κ3) is 3.49. The molecule has 6 heteroatoms. The highest BCUT2D eigenvalue weighted by Gasteiger charge is 2.24. The van der Waals surface area contributed by atoms with E-state index >= 15 is 0 Å². The number of carbonyl (C=O) groups is 1. The van der Waals surface area contributed by atoms with Crippen molar-refractivity contribution in [1.29, 1.82) is 0 Å². The zero-order valence-electron chi connectivity index (χ0n) is 13.3. The summed E-state index contributed by atoms with van der Waals surface area (Å²) in [6.45, 7) is 0. The van der Waals surface area contributed by atoms with Crippen molar-refractivity contribution >= 4 is 45.5 Å². The number of rotatable bonds is 3. The Labute approximate surface area is 162 Å². The minimum atomic E-state index is -0.507. The molecule has 0 unspecified atom stereocenters. The fourth-order valence-electron chi connectivity index (χ4n) is 2.46. The average molecular weight is 429 g/mol. The predicted octanol–water partition coefficient (Wildman–Crippen LogP) is 5.71. The van der Waals surface area contributed by atoms with E-state index in [4.69, 9.17) is 20.8 Å². The van der Waals surface area contributed by atoms with Crippen molar-refractivity contribution in [2.24, 2.45) is 4.99 Å². The van der Waals surface area contributed by atoms with Gasteiger partial charge in [0.25, 0.3) is 0 Å². The third-order valence-electron chi connectivity index (χ3n) is 3.75. The number of aliphatic imine (C=N–C) groups is 1. The van der Waals surface area contributed by atoms with Gasteiger partial charge in [0.05, 0.1) is 0 Å². The number of cyclic esters (lactones) is 1. The smallest absolute Gasteiger partial charge is 0.363 e. The molecule has 0 amide bonds. The molecule has 3 aromatic rings. The largest absolute Gasteiger partial charge is 0.457 e. The first-order chi connectivity index (χ1) is 12.6. The number of benzene rings is 2. The number of hydrogen-bond donors (Lipinski definition) is 0. The van der Waals surface area contributed by atoms with Crippen LogP contribution in [0.25, 0.3) is 17.4 Å². The lowest BCUT2D eigenvalue weighted by atomic mass is 10.2. The topological polar surface area (TPSA) is 51.8 Å². The number of ether oxygens (including phenoxy) is 1. The highest BCUT2D eigenvalue weighted by atomic mass is 79.9. The number of carbonyl (C=O) groups excluding carboxylic acids is 1. The minimum absolute atomic E-state index is 0.194. The quantitative estimate of drug-likeness (QED) is 0.397. The van der Waals surface area contributed by atoms with Crippen LogP contribution < -0.4 is 0 Å². The predicted molar refractivity (Wildman–Crippen MR) is 104 cm³/mol. The molecule has 4 nitrogen and oxygen atoms in total.